The number of amides is 1. The number of alkyl halides is 3. The van der Waals surface area contributed by atoms with Gasteiger partial charge in [-0.3, -0.25) is 9.78 Å². The number of nitrogens with one attached hydrogen (secondary N) is 1. The minimum atomic E-state index is -4.74. The minimum absolute atomic E-state index is 0.0759. The van der Waals surface area contributed by atoms with E-state index in [4.69, 9.17) is 0 Å². The largest absolute Gasteiger partial charge is 0.573 e. The van der Waals surface area contributed by atoms with Crippen molar-refractivity contribution in [2.75, 3.05) is 23.8 Å². The molecule has 0 atom stereocenters. The molecule has 2 rings (SSSR count). The molecule has 122 valence electrons. The van der Waals surface area contributed by atoms with Crippen LogP contribution in [0, 0.1) is 0 Å². The molecule has 1 heterocycles. The molecule has 1 aromatic heterocycles. The van der Waals surface area contributed by atoms with Crippen LogP contribution in [0.2, 0.25) is 0 Å². The highest BCUT2D eigenvalue weighted by molar-refractivity contribution is 5.94. The van der Waals surface area contributed by atoms with Crippen LogP contribution < -0.4 is 15.0 Å². The van der Waals surface area contributed by atoms with Crippen LogP contribution in [0.25, 0.3) is 0 Å². The number of hydrogen-bond acceptors (Lipinski definition) is 4. The molecule has 0 aliphatic heterocycles. The van der Waals surface area contributed by atoms with Crippen molar-refractivity contribution in [1.29, 1.82) is 0 Å². The molecule has 0 aliphatic rings. The molecule has 5 nitrogen and oxygen atoms in total. The third-order valence-electron chi connectivity index (χ3n) is 2.84. The van der Waals surface area contributed by atoms with E-state index in [-0.39, 0.29) is 18.2 Å². The van der Waals surface area contributed by atoms with Crippen molar-refractivity contribution in [3.8, 4) is 5.75 Å². The summed E-state index contributed by atoms with van der Waals surface area (Å²) in [5.41, 5.74) is 1.15. The molecular weight excluding hydrogens is 311 g/mol. The van der Waals surface area contributed by atoms with Gasteiger partial charge in [0, 0.05) is 18.9 Å². The third kappa shape index (κ3) is 5.50. The van der Waals surface area contributed by atoms with Crippen LogP contribution in [-0.2, 0) is 4.79 Å². The Morgan fingerprint density at radius 2 is 1.96 bits per heavy atom. The number of nitrogens with zero attached hydrogens (tertiary/aromatic N) is 2. The first-order valence-electron chi connectivity index (χ1n) is 6.60. The lowest BCUT2D eigenvalue weighted by Gasteiger charge is -2.18. The molecule has 0 radical (unpaired) electrons. The molecule has 8 heteroatoms. The summed E-state index contributed by atoms with van der Waals surface area (Å²) in [5, 5.41) is 2.59. The van der Waals surface area contributed by atoms with E-state index in [9.17, 15) is 18.0 Å². The van der Waals surface area contributed by atoms with Crippen molar-refractivity contribution in [3.05, 3.63) is 48.8 Å². The van der Waals surface area contributed by atoms with E-state index < -0.39 is 6.36 Å². The van der Waals surface area contributed by atoms with Crippen LogP contribution in [0.5, 0.6) is 5.75 Å². The second-order valence-corrected chi connectivity index (χ2v) is 4.69. The average molecular weight is 325 g/mol. The van der Waals surface area contributed by atoms with Crippen molar-refractivity contribution >= 4 is 17.3 Å². The fraction of sp³-hybridized carbons (Fsp3) is 0.200. The van der Waals surface area contributed by atoms with Gasteiger partial charge in [-0.25, -0.2) is 0 Å². The number of ether oxygens (including phenoxy) is 1. The molecule has 0 unspecified atom stereocenters. The average Bonchev–Trinajstić information content (AvgIpc) is 2.48. The highest BCUT2D eigenvalue weighted by Gasteiger charge is 2.30. The van der Waals surface area contributed by atoms with Crippen LogP contribution in [0.3, 0.4) is 0 Å². The lowest BCUT2D eigenvalue weighted by Crippen LogP contribution is -2.30. The fourth-order valence-corrected chi connectivity index (χ4v) is 1.83. The van der Waals surface area contributed by atoms with E-state index in [0.29, 0.717) is 5.69 Å². The zero-order valence-corrected chi connectivity index (χ0v) is 12.2. The van der Waals surface area contributed by atoms with Crippen molar-refractivity contribution in [2.45, 2.75) is 6.36 Å². The number of pyridine rings is 1. The van der Waals surface area contributed by atoms with E-state index >= 15 is 0 Å². The maximum absolute atomic E-state index is 12.1. The van der Waals surface area contributed by atoms with E-state index in [0.717, 1.165) is 17.8 Å². The van der Waals surface area contributed by atoms with Crippen molar-refractivity contribution in [1.82, 2.24) is 4.98 Å². The predicted octanol–water partition coefficient (Wildman–Crippen LogP) is 3.06. The number of carbonyl (C=O) groups is 1. The Labute approximate surface area is 130 Å². The van der Waals surface area contributed by atoms with Gasteiger partial charge >= 0.3 is 6.36 Å². The zero-order valence-electron chi connectivity index (χ0n) is 12.2. The molecule has 1 aromatic carbocycles. The number of hydrogen-bond donors (Lipinski definition) is 1. The quantitative estimate of drug-likeness (QED) is 0.918. The predicted molar refractivity (Wildman–Crippen MR) is 79.3 cm³/mol. The molecule has 1 amide bonds. The molecule has 0 saturated carbocycles. The van der Waals surface area contributed by atoms with Crippen LogP contribution in [0.4, 0.5) is 24.5 Å². The number of aromatic nitrogens is 1. The van der Waals surface area contributed by atoms with Crippen molar-refractivity contribution < 1.29 is 22.7 Å². The van der Waals surface area contributed by atoms with Gasteiger partial charge in [-0.05, 0) is 36.4 Å². The van der Waals surface area contributed by atoms with Gasteiger partial charge in [-0.15, -0.1) is 13.2 Å². The zero-order chi connectivity index (χ0) is 16.9. The second-order valence-electron chi connectivity index (χ2n) is 4.69. The van der Waals surface area contributed by atoms with Gasteiger partial charge in [0.25, 0.3) is 0 Å². The van der Waals surface area contributed by atoms with Crippen LogP contribution in [0.15, 0.2) is 48.8 Å². The summed E-state index contributed by atoms with van der Waals surface area (Å²) < 4.78 is 39.9. The molecule has 1 N–H and O–H groups in total. The molecule has 2 aromatic rings. The third-order valence-corrected chi connectivity index (χ3v) is 2.84. The maximum atomic E-state index is 12.1. The number of benzene rings is 1. The summed E-state index contributed by atoms with van der Waals surface area (Å²) >= 11 is 0. The fourth-order valence-electron chi connectivity index (χ4n) is 1.83. The number of carbonyl (C=O) groups excluding carboxylic acids is 1. The van der Waals surface area contributed by atoms with Gasteiger partial charge in [0.05, 0.1) is 18.4 Å². The first-order valence-corrected chi connectivity index (χ1v) is 6.60. The summed E-state index contributed by atoms with van der Waals surface area (Å²) in [6.45, 7) is 0.0759. The summed E-state index contributed by atoms with van der Waals surface area (Å²) in [6, 6.07) is 8.50. The Bertz CT molecular complexity index is 645. The Balaban J connectivity index is 1.90. The van der Waals surface area contributed by atoms with Crippen LogP contribution in [0.1, 0.15) is 0 Å². The Kier molecular flexibility index (Phi) is 5.05. The van der Waals surface area contributed by atoms with E-state index in [1.54, 1.807) is 30.4 Å². The lowest BCUT2D eigenvalue weighted by atomic mass is 10.3. The van der Waals surface area contributed by atoms with Gasteiger partial charge in [0.2, 0.25) is 5.91 Å². The first kappa shape index (κ1) is 16.6. The van der Waals surface area contributed by atoms with E-state index in [1.165, 1.54) is 12.1 Å². The van der Waals surface area contributed by atoms with Gasteiger partial charge in [-0.2, -0.15) is 0 Å². The molecule has 0 bridgehead atoms. The number of halogens is 3. The SMILES string of the molecule is CN(CC(=O)Nc1ccc(OC(F)(F)F)cc1)c1cccnc1. The Morgan fingerprint density at radius 3 is 2.52 bits per heavy atom. The second kappa shape index (κ2) is 6.99. The van der Waals surface area contributed by atoms with E-state index in [1.807, 2.05) is 6.07 Å². The Morgan fingerprint density at radius 1 is 1.26 bits per heavy atom. The standard InChI is InChI=1S/C15H14F3N3O2/c1-21(12-3-2-8-19-9-12)10-14(22)20-11-4-6-13(7-5-11)23-15(16,17)18/h2-9H,10H2,1H3,(H,20,22). The lowest BCUT2D eigenvalue weighted by molar-refractivity contribution is -0.274. The Hall–Kier alpha value is -2.77. The molecule has 23 heavy (non-hydrogen) atoms. The van der Waals surface area contributed by atoms with Crippen molar-refractivity contribution in [2.24, 2.45) is 0 Å². The number of anilines is 2. The van der Waals surface area contributed by atoms with Crippen molar-refractivity contribution in [3.63, 3.8) is 0 Å². The van der Waals surface area contributed by atoms with Gasteiger partial charge in [0.1, 0.15) is 5.75 Å². The minimum Gasteiger partial charge on any atom is -0.406 e. The van der Waals surface area contributed by atoms with Crippen LogP contribution >= 0.6 is 0 Å². The molecule has 0 spiro atoms. The van der Waals surface area contributed by atoms with E-state index in [2.05, 4.69) is 15.0 Å². The summed E-state index contributed by atoms with van der Waals surface area (Å²) in [4.78, 5) is 17.6. The van der Waals surface area contributed by atoms with Crippen LogP contribution in [-0.4, -0.2) is 30.8 Å². The summed E-state index contributed by atoms with van der Waals surface area (Å²) in [5.74, 6) is -0.649. The summed E-state index contributed by atoms with van der Waals surface area (Å²) in [6.07, 6.45) is -1.49. The van der Waals surface area contributed by atoms with Gasteiger partial charge < -0.3 is 15.0 Å². The number of rotatable bonds is 5. The molecule has 0 fully saturated rings. The maximum Gasteiger partial charge on any atom is 0.573 e. The monoisotopic (exact) mass is 325 g/mol. The number of likely N-dealkylation sites (N-methyl/N-ethyl adjacent to an activating group) is 1. The summed E-state index contributed by atoms with van der Waals surface area (Å²) in [7, 11) is 1.73. The molecular formula is C15H14F3N3O2. The molecule has 0 saturated heterocycles. The highest BCUT2D eigenvalue weighted by Crippen LogP contribution is 2.23. The molecule has 0 aliphatic carbocycles. The smallest absolute Gasteiger partial charge is 0.406 e. The topological polar surface area (TPSA) is 54.5 Å². The normalized spacial score (nSPS) is 11.0. The highest BCUT2D eigenvalue weighted by atomic mass is 19.4. The van der Waals surface area contributed by atoms with Gasteiger partial charge in [-0.1, -0.05) is 0 Å². The first-order chi connectivity index (χ1) is 10.8. The van der Waals surface area contributed by atoms with Gasteiger partial charge in [0.15, 0.2) is 0 Å².